The van der Waals surface area contributed by atoms with Crippen LogP contribution in [0, 0.1) is 5.82 Å². The molecule has 25 heavy (non-hydrogen) atoms. The molecule has 1 fully saturated rings. The zero-order chi connectivity index (χ0) is 18.0. The van der Waals surface area contributed by atoms with Gasteiger partial charge in [-0.3, -0.25) is 4.79 Å². The Balaban J connectivity index is 1.86. The van der Waals surface area contributed by atoms with Gasteiger partial charge in [-0.2, -0.15) is 0 Å². The Morgan fingerprint density at radius 1 is 1.24 bits per heavy atom. The van der Waals surface area contributed by atoms with Crippen LogP contribution in [0.4, 0.5) is 14.5 Å². The average molecular weight is 367 g/mol. The molecule has 1 heterocycles. The number of anilines is 1. The first kappa shape index (κ1) is 17.8. The molecule has 0 aromatic heterocycles. The highest BCUT2D eigenvalue weighted by Gasteiger charge is 2.40. The maximum Gasteiger partial charge on any atom is 0.244 e. The van der Waals surface area contributed by atoms with E-state index in [0.29, 0.717) is 10.6 Å². The van der Waals surface area contributed by atoms with Crippen molar-refractivity contribution in [2.45, 2.75) is 18.3 Å². The maximum absolute atomic E-state index is 14.8. The van der Waals surface area contributed by atoms with Crippen LogP contribution in [0.2, 0.25) is 5.02 Å². The third-order valence-electron chi connectivity index (χ3n) is 4.19. The number of amides is 1. The summed E-state index contributed by atoms with van der Waals surface area (Å²) >= 11 is 6.12. The van der Waals surface area contributed by atoms with Gasteiger partial charge in [-0.25, -0.2) is 8.78 Å². The van der Waals surface area contributed by atoms with Gasteiger partial charge in [0.15, 0.2) is 5.82 Å². The smallest absolute Gasteiger partial charge is 0.244 e. The van der Waals surface area contributed by atoms with E-state index in [1.165, 1.54) is 13.2 Å². The Morgan fingerprint density at radius 3 is 2.68 bits per heavy atom. The van der Waals surface area contributed by atoms with Gasteiger partial charge in [0, 0.05) is 29.8 Å². The first-order chi connectivity index (χ1) is 12.0. The van der Waals surface area contributed by atoms with Crippen molar-refractivity contribution in [3.05, 3.63) is 53.3 Å². The van der Waals surface area contributed by atoms with E-state index in [1.807, 2.05) is 0 Å². The second-order valence-electron chi connectivity index (χ2n) is 5.74. The van der Waals surface area contributed by atoms with Crippen LogP contribution in [0.1, 0.15) is 0 Å². The SMILES string of the molecule is CO[C@H]1[C@@H](C(=O)Nc2cccc(-c3ccccc3Cl)c2F)NC[C@@H]1F. The van der Waals surface area contributed by atoms with Gasteiger partial charge in [-0.1, -0.05) is 41.9 Å². The van der Waals surface area contributed by atoms with Gasteiger partial charge in [-0.05, 0) is 12.1 Å². The first-order valence-electron chi connectivity index (χ1n) is 7.77. The van der Waals surface area contributed by atoms with E-state index in [9.17, 15) is 13.6 Å². The van der Waals surface area contributed by atoms with E-state index >= 15 is 0 Å². The zero-order valence-electron chi connectivity index (χ0n) is 13.4. The van der Waals surface area contributed by atoms with Gasteiger partial charge in [0.1, 0.15) is 18.3 Å². The average Bonchev–Trinajstić information content (AvgIpc) is 2.98. The van der Waals surface area contributed by atoms with Crippen molar-refractivity contribution in [3.63, 3.8) is 0 Å². The highest BCUT2D eigenvalue weighted by Crippen LogP contribution is 2.32. The fourth-order valence-corrected chi connectivity index (χ4v) is 3.17. The lowest BCUT2D eigenvalue weighted by molar-refractivity contribution is -0.120. The molecule has 132 valence electrons. The van der Waals surface area contributed by atoms with Crippen LogP contribution in [0.3, 0.4) is 0 Å². The number of hydrogen-bond acceptors (Lipinski definition) is 3. The van der Waals surface area contributed by atoms with Gasteiger partial charge < -0.3 is 15.4 Å². The van der Waals surface area contributed by atoms with Gasteiger partial charge in [0.25, 0.3) is 0 Å². The number of carbonyl (C=O) groups is 1. The summed E-state index contributed by atoms with van der Waals surface area (Å²) in [5.74, 6) is -1.16. The summed E-state index contributed by atoms with van der Waals surface area (Å²) in [6.45, 7) is 0.0126. The normalized spacial score (nSPS) is 22.8. The number of nitrogens with one attached hydrogen (secondary N) is 2. The second kappa shape index (κ2) is 7.47. The summed E-state index contributed by atoms with van der Waals surface area (Å²) in [6, 6.07) is 10.6. The van der Waals surface area contributed by atoms with E-state index < -0.39 is 30.0 Å². The molecule has 2 aromatic rings. The number of carbonyl (C=O) groups excluding carboxylic acids is 1. The third-order valence-corrected chi connectivity index (χ3v) is 4.52. The molecule has 2 aromatic carbocycles. The molecular weight excluding hydrogens is 350 g/mol. The zero-order valence-corrected chi connectivity index (χ0v) is 14.2. The predicted octanol–water partition coefficient (Wildman–Crippen LogP) is 3.41. The lowest BCUT2D eigenvalue weighted by Gasteiger charge is -2.19. The molecule has 4 nitrogen and oxygen atoms in total. The summed E-state index contributed by atoms with van der Waals surface area (Å²) in [5, 5.41) is 5.65. The highest BCUT2D eigenvalue weighted by molar-refractivity contribution is 6.33. The van der Waals surface area contributed by atoms with Gasteiger partial charge in [0.2, 0.25) is 5.91 Å². The molecular formula is C18H17ClF2N2O2. The fraction of sp³-hybridized carbons (Fsp3) is 0.278. The summed E-state index contributed by atoms with van der Waals surface area (Å²) in [5.41, 5.74) is 0.797. The molecule has 1 aliphatic rings. The number of halogens is 3. The monoisotopic (exact) mass is 366 g/mol. The topological polar surface area (TPSA) is 50.4 Å². The fourth-order valence-electron chi connectivity index (χ4n) is 2.93. The Morgan fingerprint density at radius 2 is 1.96 bits per heavy atom. The summed E-state index contributed by atoms with van der Waals surface area (Å²) in [4.78, 5) is 12.4. The molecule has 1 amide bonds. The molecule has 0 bridgehead atoms. The van der Waals surface area contributed by atoms with Crippen molar-refractivity contribution in [2.75, 3.05) is 19.0 Å². The van der Waals surface area contributed by atoms with Crippen molar-refractivity contribution >= 4 is 23.2 Å². The number of alkyl halides is 1. The predicted molar refractivity (Wildman–Crippen MR) is 93.0 cm³/mol. The molecule has 2 N–H and O–H groups in total. The van der Waals surface area contributed by atoms with Crippen LogP contribution in [0.5, 0.6) is 0 Å². The molecule has 0 aliphatic carbocycles. The molecule has 3 rings (SSSR count). The van der Waals surface area contributed by atoms with Crippen LogP contribution in [0.15, 0.2) is 42.5 Å². The van der Waals surface area contributed by atoms with E-state index in [0.717, 1.165) is 0 Å². The van der Waals surface area contributed by atoms with E-state index in [-0.39, 0.29) is 17.8 Å². The van der Waals surface area contributed by atoms with Crippen molar-refractivity contribution in [2.24, 2.45) is 0 Å². The molecule has 0 spiro atoms. The summed E-state index contributed by atoms with van der Waals surface area (Å²) < 4.78 is 33.6. The lowest BCUT2D eigenvalue weighted by atomic mass is 10.0. The largest absolute Gasteiger partial charge is 0.376 e. The molecule has 1 saturated heterocycles. The Kier molecular flexibility index (Phi) is 5.32. The minimum atomic E-state index is -1.29. The minimum absolute atomic E-state index is 0.00128. The summed E-state index contributed by atoms with van der Waals surface area (Å²) in [6.07, 6.45) is -2.20. The molecule has 0 unspecified atom stereocenters. The van der Waals surface area contributed by atoms with Crippen LogP contribution in [-0.4, -0.2) is 37.9 Å². The van der Waals surface area contributed by atoms with Gasteiger partial charge in [-0.15, -0.1) is 0 Å². The number of rotatable bonds is 4. The first-order valence-corrected chi connectivity index (χ1v) is 8.15. The number of ether oxygens (including phenoxy) is 1. The second-order valence-corrected chi connectivity index (χ2v) is 6.15. The minimum Gasteiger partial charge on any atom is -0.376 e. The Bertz CT molecular complexity index is 787. The molecule has 0 radical (unpaired) electrons. The molecule has 1 aliphatic heterocycles. The van der Waals surface area contributed by atoms with Crippen LogP contribution < -0.4 is 10.6 Å². The maximum atomic E-state index is 14.8. The summed E-state index contributed by atoms with van der Waals surface area (Å²) in [7, 11) is 1.34. The standard InChI is InChI=1S/C18H17ClF2N2O2/c1-25-17-13(20)9-22-16(17)18(24)23-14-8-4-6-11(15(14)21)10-5-2-3-7-12(10)19/h2-8,13,16-17,22H,9H2,1H3,(H,23,24)/t13-,16-,17+/m0/s1. The van der Waals surface area contributed by atoms with E-state index in [2.05, 4.69) is 10.6 Å². The Hall–Kier alpha value is -2.02. The number of methoxy groups -OCH3 is 1. The molecule has 7 heteroatoms. The van der Waals surface area contributed by atoms with Crippen molar-refractivity contribution in [1.29, 1.82) is 0 Å². The van der Waals surface area contributed by atoms with E-state index in [1.54, 1.807) is 36.4 Å². The highest BCUT2D eigenvalue weighted by atomic mass is 35.5. The van der Waals surface area contributed by atoms with E-state index in [4.69, 9.17) is 16.3 Å². The van der Waals surface area contributed by atoms with Crippen LogP contribution in [-0.2, 0) is 9.53 Å². The van der Waals surface area contributed by atoms with Crippen LogP contribution >= 0.6 is 11.6 Å². The van der Waals surface area contributed by atoms with Gasteiger partial charge >= 0.3 is 0 Å². The number of benzene rings is 2. The lowest BCUT2D eigenvalue weighted by Crippen LogP contribution is -2.44. The van der Waals surface area contributed by atoms with Crippen molar-refractivity contribution in [1.82, 2.24) is 5.32 Å². The third kappa shape index (κ3) is 3.51. The molecule has 0 saturated carbocycles. The quantitative estimate of drug-likeness (QED) is 0.871. The number of hydrogen-bond donors (Lipinski definition) is 2. The van der Waals surface area contributed by atoms with Crippen molar-refractivity contribution in [3.8, 4) is 11.1 Å². The Labute approximate surface area is 149 Å². The van der Waals surface area contributed by atoms with Crippen LogP contribution in [0.25, 0.3) is 11.1 Å². The van der Waals surface area contributed by atoms with Gasteiger partial charge in [0.05, 0.1) is 5.69 Å². The molecule has 3 atom stereocenters. The van der Waals surface area contributed by atoms with Crippen molar-refractivity contribution < 1.29 is 18.3 Å².